The van der Waals surface area contributed by atoms with E-state index in [4.69, 9.17) is 0 Å². The fraction of sp³-hybridized carbons (Fsp3) is 0.286. The maximum atomic E-state index is 13.7. The number of hydrogen-bond acceptors (Lipinski definition) is 2. The first-order chi connectivity index (χ1) is 9.02. The largest absolute Gasteiger partial charge is 0.310 e. The van der Waals surface area contributed by atoms with Gasteiger partial charge >= 0.3 is 0 Å². The molecule has 1 heterocycles. The van der Waals surface area contributed by atoms with Crippen LogP contribution in [0.25, 0.3) is 10.4 Å². The van der Waals surface area contributed by atoms with Gasteiger partial charge in [0.25, 0.3) is 0 Å². The van der Waals surface area contributed by atoms with Gasteiger partial charge < -0.3 is 5.32 Å². The van der Waals surface area contributed by atoms with Crippen LogP contribution < -0.4 is 5.32 Å². The van der Waals surface area contributed by atoms with Crippen molar-refractivity contribution >= 4 is 11.3 Å². The highest BCUT2D eigenvalue weighted by atomic mass is 32.1. The molecule has 1 atom stereocenters. The predicted octanol–water partition coefficient (Wildman–Crippen LogP) is 4.50. The molecule has 0 saturated carbocycles. The Hall–Kier alpha value is -1.33. The lowest BCUT2D eigenvalue weighted by atomic mass is 10.1. The molecule has 0 saturated heterocycles. The summed E-state index contributed by atoms with van der Waals surface area (Å²) in [4.78, 5) is 1.62. The van der Waals surface area contributed by atoms with Crippen LogP contribution in [0.4, 0.5) is 13.2 Å². The van der Waals surface area contributed by atoms with Crippen LogP contribution in [-0.2, 0) is 0 Å². The molecule has 1 nitrogen and oxygen atoms in total. The summed E-state index contributed by atoms with van der Waals surface area (Å²) in [5.41, 5.74) is 0.0962. The third-order valence-corrected chi connectivity index (χ3v) is 4.14. The van der Waals surface area contributed by atoms with Gasteiger partial charge in [-0.3, -0.25) is 0 Å². The molecule has 0 aliphatic carbocycles. The second kappa shape index (κ2) is 5.75. The molecule has 1 N–H and O–H groups in total. The lowest BCUT2D eigenvalue weighted by Gasteiger charge is -2.09. The van der Waals surface area contributed by atoms with Crippen LogP contribution in [0, 0.1) is 17.5 Å². The van der Waals surface area contributed by atoms with Crippen LogP contribution in [0.5, 0.6) is 0 Å². The Kier molecular flexibility index (Phi) is 4.27. The Morgan fingerprint density at radius 3 is 2.47 bits per heavy atom. The topological polar surface area (TPSA) is 12.0 Å². The average molecular weight is 285 g/mol. The fourth-order valence-corrected chi connectivity index (χ4v) is 2.90. The molecule has 2 rings (SSSR count). The molecule has 0 bridgehead atoms. The molecule has 2 aromatic rings. The van der Waals surface area contributed by atoms with Crippen molar-refractivity contribution in [2.45, 2.75) is 19.9 Å². The molecule has 1 aromatic carbocycles. The van der Waals surface area contributed by atoms with Gasteiger partial charge in [0.05, 0.1) is 0 Å². The van der Waals surface area contributed by atoms with Gasteiger partial charge in [-0.2, -0.15) is 0 Å². The first-order valence-corrected chi connectivity index (χ1v) is 6.82. The summed E-state index contributed by atoms with van der Waals surface area (Å²) < 4.78 is 39.7. The molecule has 5 heteroatoms. The molecule has 0 aliphatic heterocycles. The molecule has 1 unspecified atom stereocenters. The number of hydrogen-bond donors (Lipinski definition) is 1. The van der Waals surface area contributed by atoms with Crippen molar-refractivity contribution in [2.75, 3.05) is 6.54 Å². The molecule has 0 aliphatic rings. The van der Waals surface area contributed by atoms with Gasteiger partial charge in [0.15, 0.2) is 11.6 Å². The maximum Gasteiger partial charge on any atom is 0.161 e. The summed E-state index contributed by atoms with van der Waals surface area (Å²) in [6, 6.07) is 5.23. The van der Waals surface area contributed by atoms with Gasteiger partial charge in [-0.1, -0.05) is 6.92 Å². The van der Waals surface area contributed by atoms with Gasteiger partial charge in [0.1, 0.15) is 5.82 Å². The molecule has 1 aromatic heterocycles. The zero-order valence-electron chi connectivity index (χ0n) is 10.6. The summed E-state index contributed by atoms with van der Waals surface area (Å²) in [7, 11) is 0. The van der Waals surface area contributed by atoms with Crippen LogP contribution in [0.15, 0.2) is 24.3 Å². The van der Waals surface area contributed by atoms with Crippen LogP contribution in [0.1, 0.15) is 24.8 Å². The molecule has 0 radical (unpaired) electrons. The number of halogens is 3. The highest BCUT2D eigenvalue weighted by Gasteiger charge is 2.14. The Morgan fingerprint density at radius 1 is 1.11 bits per heavy atom. The lowest BCUT2D eigenvalue weighted by molar-refractivity contribution is 0.496. The van der Waals surface area contributed by atoms with Crippen molar-refractivity contribution in [2.24, 2.45) is 0 Å². The first-order valence-electron chi connectivity index (χ1n) is 6.01. The number of rotatable bonds is 4. The van der Waals surface area contributed by atoms with Gasteiger partial charge in [-0.05, 0) is 31.7 Å². The number of benzene rings is 1. The van der Waals surface area contributed by atoms with E-state index in [-0.39, 0.29) is 11.6 Å². The zero-order chi connectivity index (χ0) is 14.0. The van der Waals surface area contributed by atoms with E-state index in [2.05, 4.69) is 5.32 Å². The quantitative estimate of drug-likeness (QED) is 0.815. The minimum absolute atomic E-state index is 0.0962. The SMILES string of the molecule is CCNC(C)c1ccc(-c2cc(F)c(F)cc2F)s1. The van der Waals surface area contributed by atoms with Gasteiger partial charge in [0.2, 0.25) is 0 Å². The highest BCUT2D eigenvalue weighted by Crippen LogP contribution is 2.33. The standard InChI is InChI=1S/C14H14F3NS/c1-3-18-8(2)13-4-5-14(19-13)9-6-11(16)12(17)7-10(9)15/h4-8,18H,3H2,1-2H3. The monoisotopic (exact) mass is 285 g/mol. The molecule has 0 fully saturated rings. The lowest BCUT2D eigenvalue weighted by Crippen LogP contribution is -2.16. The van der Waals surface area contributed by atoms with E-state index >= 15 is 0 Å². The van der Waals surface area contributed by atoms with E-state index in [1.54, 1.807) is 6.07 Å². The van der Waals surface area contributed by atoms with Crippen molar-refractivity contribution in [1.29, 1.82) is 0 Å². The molecule has 19 heavy (non-hydrogen) atoms. The highest BCUT2D eigenvalue weighted by molar-refractivity contribution is 7.15. The molecule has 0 amide bonds. The van der Waals surface area contributed by atoms with E-state index < -0.39 is 17.5 Å². The number of nitrogens with one attached hydrogen (secondary N) is 1. The Labute approximate surface area is 114 Å². The minimum Gasteiger partial charge on any atom is -0.310 e. The molecular weight excluding hydrogens is 271 g/mol. The van der Waals surface area contributed by atoms with Gasteiger partial charge in [-0.25, -0.2) is 13.2 Å². The predicted molar refractivity (Wildman–Crippen MR) is 71.7 cm³/mol. The minimum atomic E-state index is -1.17. The van der Waals surface area contributed by atoms with Crippen molar-refractivity contribution < 1.29 is 13.2 Å². The summed E-state index contributed by atoms with van der Waals surface area (Å²) in [5, 5.41) is 3.24. The van der Waals surface area contributed by atoms with Crippen molar-refractivity contribution in [3.63, 3.8) is 0 Å². The van der Waals surface area contributed by atoms with E-state index in [9.17, 15) is 13.2 Å². The number of thiophene rings is 1. The van der Waals surface area contributed by atoms with Gasteiger partial charge in [0, 0.05) is 27.4 Å². The first kappa shape index (κ1) is 14.1. The summed E-state index contributed by atoms with van der Waals surface area (Å²) in [5.74, 6) is -2.95. The van der Waals surface area contributed by atoms with Gasteiger partial charge in [-0.15, -0.1) is 11.3 Å². The smallest absolute Gasteiger partial charge is 0.161 e. The third-order valence-electron chi connectivity index (χ3n) is 2.84. The average Bonchev–Trinajstić information content (AvgIpc) is 2.83. The Bertz CT molecular complexity index is 580. The second-order valence-corrected chi connectivity index (χ2v) is 5.34. The summed E-state index contributed by atoms with van der Waals surface area (Å²) in [6.45, 7) is 4.83. The van der Waals surface area contributed by atoms with Crippen LogP contribution >= 0.6 is 11.3 Å². The van der Waals surface area contributed by atoms with E-state index in [0.29, 0.717) is 10.9 Å². The van der Waals surface area contributed by atoms with Crippen LogP contribution in [0.2, 0.25) is 0 Å². The van der Waals surface area contributed by atoms with Crippen molar-refractivity contribution in [3.8, 4) is 10.4 Å². The third kappa shape index (κ3) is 2.98. The maximum absolute atomic E-state index is 13.7. The van der Waals surface area contributed by atoms with Crippen LogP contribution in [-0.4, -0.2) is 6.54 Å². The summed E-state index contributed by atoms with van der Waals surface area (Å²) in [6.07, 6.45) is 0. The normalized spacial score (nSPS) is 12.7. The fourth-order valence-electron chi connectivity index (χ4n) is 1.85. The van der Waals surface area contributed by atoms with Crippen LogP contribution in [0.3, 0.4) is 0 Å². The Balaban J connectivity index is 2.35. The van der Waals surface area contributed by atoms with E-state index in [1.807, 2.05) is 19.9 Å². The summed E-state index contributed by atoms with van der Waals surface area (Å²) >= 11 is 1.37. The Morgan fingerprint density at radius 2 is 1.79 bits per heavy atom. The van der Waals surface area contributed by atoms with E-state index in [1.165, 1.54) is 11.3 Å². The van der Waals surface area contributed by atoms with E-state index in [0.717, 1.165) is 17.5 Å². The molecule has 0 spiro atoms. The van der Waals surface area contributed by atoms with Crippen molar-refractivity contribution in [3.05, 3.63) is 46.6 Å². The zero-order valence-corrected chi connectivity index (χ0v) is 11.5. The second-order valence-electron chi connectivity index (χ2n) is 4.23. The van der Waals surface area contributed by atoms with Crippen molar-refractivity contribution in [1.82, 2.24) is 5.32 Å². The molecular formula is C14H14F3NS. The molecule has 102 valence electrons.